The number of para-hydroxylation sites is 1. The Labute approximate surface area is 117 Å². The van der Waals surface area contributed by atoms with Gasteiger partial charge in [0.05, 0.1) is 4.47 Å². The Bertz CT molecular complexity index is 393. The molecule has 0 unspecified atom stereocenters. The van der Waals surface area contributed by atoms with Gasteiger partial charge in [-0.1, -0.05) is 12.1 Å². The van der Waals surface area contributed by atoms with Crippen molar-refractivity contribution in [1.82, 2.24) is 4.90 Å². The average molecular weight is 314 g/mol. The van der Waals surface area contributed by atoms with Gasteiger partial charge in [-0.25, -0.2) is 0 Å². The minimum absolute atomic E-state index is 0.265. The van der Waals surface area contributed by atoms with Crippen LogP contribution in [-0.4, -0.2) is 34.3 Å². The van der Waals surface area contributed by atoms with Crippen LogP contribution < -0.4 is 0 Å². The van der Waals surface area contributed by atoms with Crippen molar-refractivity contribution in [3.05, 3.63) is 28.2 Å². The quantitative estimate of drug-likeness (QED) is 0.761. The molecule has 4 heteroatoms. The number of unbranched alkanes of at least 4 members (excludes halogenated alkanes) is 1. The zero-order valence-corrected chi connectivity index (χ0v) is 12.1. The Morgan fingerprint density at radius 1 is 1.28 bits per heavy atom. The van der Waals surface area contributed by atoms with E-state index >= 15 is 0 Å². The molecule has 1 aromatic carbocycles. The lowest BCUT2D eigenvalue weighted by molar-refractivity contribution is 0.226. The molecule has 1 fully saturated rings. The molecule has 0 saturated heterocycles. The number of phenolic OH excluding ortho intramolecular Hbond substituents is 1. The van der Waals surface area contributed by atoms with Crippen LogP contribution in [0, 0.1) is 0 Å². The number of phenols is 1. The van der Waals surface area contributed by atoms with E-state index < -0.39 is 0 Å². The van der Waals surface area contributed by atoms with Gasteiger partial charge in [-0.2, -0.15) is 0 Å². The van der Waals surface area contributed by atoms with Crippen molar-refractivity contribution in [2.24, 2.45) is 0 Å². The molecule has 1 saturated carbocycles. The number of aliphatic hydroxyl groups excluding tert-OH is 1. The molecule has 3 nitrogen and oxygen atoms in total. The van der Waals surface area contributed by atoms with E-state index in [-0.39, 0.29) is 6.61 Å². The molecule has 18 heavy (non-hydrogen) atoms. The minimum Gasteiger partial charge on any atom is -0.506 e. The molecule has 0 aromatic heterocycles. The van der Waals surface area contributed by atoms with Gasteiger partial charge < -0.3 is 10.2 Å². The smallest absolute Gasteiger partial charge is 0.134 e. The van der Waals surface area contributed by atoms with Crippen LogP contribution >= 0.6 is 15.9 Å². The number of hydrogen-bond acceptors (Lipinski definition) is 3. The van der Waals surface area contributed by atoms with Gasteiger partial charge >= 0.3 is 0 Å². The first kappa shape index (κ1) is 13.8. The van der Waals surface area contributed by atoms with Crippen LogP contribution in [0.4, 0.5) is 0 Å². The summed E-state index contributed by atoms with van der Waals surface area (Å²) >= 11 is 3.35. The van der Waals surface area contributed by atoms with Gasteiger partial charge in [0, 0.05) is 24.8 Å². The summed E-state index contributed by atoms with van der Waals surface area (Å²) in [5, 5.41) is 18.8. The van der Waals surface area contributed by atoms with Gasteiger partial charge in [-0.3, -0.25) is 4.90 Å². The van der Waals surface area contributed by atoms with E-state index in [0.29, 0.717) is 11.8 Å². The second kappa shape index (κ2) is 6.55. The van der Waals surface area contributed by atoms with E-state index in [9.17, 15) is 5.11 Å². The molecular weight excluding hydrogens is 294 g/mol. The second-order valence-electron chi connectivity index (χ2n) is 4.88. The van der Waals surface area contributed by atoms with Crippen LogP contribution in [0.25, 0.3) is 0 Å². The highest BCUT2D eigenvalue weighted by molar-refractivity contribution is 9.10. The summed E-state index contributed by atoms with van der Waals surface area (Å²) in [6, 6.07) is 6.45. The molecule has 1 aliphatic carbocycles. The van der Waals surface area contributed by atoms with Crippen LogP contribution in [0.5, 0.6) is 5.75 Å². The van der Waals surface area contributed by atoms with E-state index in [1.54, 1.807) is 0 Å². The number of halogens is 1. The highest BCUT2D eigenvalue weighted by atomic mass is 79.9. The van der Waals surface area contributed by atoms with E-state index in [2.05, 4.69) is 20.8 Å². The number of hydrogen-bond donors (Lipinski definition) is 2. The molecule has 0 radical (unpaired) electrons. The largest absolute Gasteiger partial charge is 0.506 e. The Morgan fingerprint density at radius 2 is 2.06 bits per heavy atom. The fourth-order valence-electron chi connectivity index (χ4n) is 2.16. The van der Waals surface area contributed by atoms with Crippen LogP contribution in [0.1, 0.15) is 31.2 Å². The van der Waals surface area contributed by atoms with E-state index in [4.69, 9.17) is 5.11 Å². The molecule has 0 atom stereocenters. The van der Waals surface area contributed by atoms with Gasteiger partial charge in [0.15, 0.2) is 0 Å². The predicted molar refractivity (Wildman–Crippen MR) is 75.6 cm³/mol. The van der Waals surface area contributed by atoms with Crippen LogP contribution in [0.3, 0.4) is 0 Å². The lowest BCUT2D eigenvalue weighted by Crippen LogP contribution is -2.26. The molecule has 100 valence electrons. The average Bonchev–Trinajstić information content (AvgIpc) is 3.18. The molecular formula is C14H20BrNO2. The Kier molecular flexibility index (Phi) is 5.03. The maximum atomic E-state index is 10.0. The van der Waals surface area contributed by atoms with Crippen LogP contribution in [0.15, 0.2) is 22.7 Å². The third-order valence-corrected chi connectivity index (χ3v) is 4.00. The summed E-state index contributed by atoms with van der Waals surface area (Å²) in [6.45, 7) is 2.05. The first-order valence-corrected chi connectivity index (χ1v) is 7.33. The monoisotopic (exact) mass is 313 g/mol. The van der Waals surface area contributed by atoms with Crippen molar-refractivity contribution in [3.8, 4) is 5.75 Å². The standard InChI is InChI=1S/C14H20BrNO2/c15-13-5-3-4-11(14(13)18)10-16(12-6-7-12)8-1-2-9-17/h3-5,12,17-18H,1-2,6-10H2. The summed E-state index contributed by atoms with van der Waals surface area (Å²) in [4.78, 5) is 2.41. The lowest BCUT2D eigenvalue weighted by Gasteiger charge is -2.22. The highest BCUT2D eigenvalue weighted by Gasteiger charge is 2.29. The Balaban J connectivity index is 1.97. The molecule has 0 bridgehead atoms. The summed E-state index contributed by atoms with van der Waals surface area (Å²) in [5.41, 5.74) is 0.972. The maximum absolute atomic E-state index is 10.0. The number of rotatable bonds is 7. The molecule has 1 aliphatic rings. The molecule has 0 amide bonds. The summed E-state index contributed by atoms with van der Waals surface area (Å²) < 4.78 is 0.756. The first-order chi connectivity index (χ1) is 8.72. The van der Waals surface area contributed by atoms with Gasteiger partial charge in [0.2, 0.25) is 0 Å². The topological polar surface area (TPSA) is 43.7 Å². The van der Waals surface area contributed by atoms with E-state index in [1.807, 2.05) is 18.2 Å². The lowest BCUT2D eigenvalue weighted by atomic mass is 10.1. The number of nitrogens with zero attached hydrogens (tertiary/aromatic N) is 1. The highest BCUT2D eigenvalue weighted by Crippen LogP contribution is 2.33. The van der Waals surface area contributed by atoms with E-state index in [1.165, 1.54) is 12.8 Å². The van der Waals surface area contributed by atoms with Crippen molar-refractivity contribution in [3.63, 3.8) is 0 Å². The second-order valence-corrected chi connectivity index (χ2v) is 5.73. The molecule has 2 N–H and O–H groups in total. The predicted octanol–water partition coefficient (Wildman–Crippen LogP) is 2.89. The fraction of sp³-hybridized carbons (Fsp3) is 0.571. The van der Waals surface area contributed by atoms with Crippen molar-refractivity contribution in [2.45, 2.75) is 38.3 Å². The normalized spacial score (nSPS) is 15.3. The van der Waals surface area contributed by atoms with Gasteiger partial charge in [-0.15, -0.1) is 0 Å². The van der Waals surface area contributed by atoms with Crippen molar-refractivity contribution in [2.75, 3.05) is 13.2 Å². The number of aliphatic hydroxyl groups is 1. The maximum Gasteiger partial charge on any atom is 0.134 e. The Morgan fingerprint density at radius 3 is 2.72 bits per heavy atom. The van der Waals surface area contributed by atoms with Gasteiger partial charge in [-0.05, 0) is 54.2 Å². The SMILES string of the molecule is OCCCCN(Cc1cccc(Br)c1O)C1CC1. The third kappa shape index (κ3) is 3.70. The number of aromatic hydroxyl groups is 1. The molecule has 2 rings (SSSR count). The summed E-state index contributed by atoms with van der Waals surface area (Å²) in [6.07, 6.45) is 4.39. The zero-order chi connectivity index (χ0) is 13.0. The van der Waals surface area contributed by atoms with Crippen molar-refractivity contribution >= 4 is 15.9 Å². The fourth-order valence-corrected chi connectivity index (χ4v) is 2.57. The van der Waals surface area contributed by atoms with Gasteiger partial charge in [0.25, 0.3) is 0 Å². The third-order valence-electron chi connectivity index (χ3n) is 3.36. The van der Waals surface area contributed by atoms with E-state index in [0.717, 1.165) is 36.0 Å². The van der Waals surface area contributed by atoms with Crippen molar-refractivity contribution < 1.29 is 10.2 Å². The Hall–Kier alpha value is -0.580. The molecule has 0 aliphatic heterocycles. The molecule has 0 spiro atoms. The summed E-state index contributed by atoms with van der Waals surface area (Å²) in [7, 11) is 0. The molecule has 1 aromatic rings. The van der Waals surface area contributed by atoms with Gasteiger partial charge in [0.1, 0.15) is 5.75 Å². The zero-order valence-electron chi connectivity index (χ0n) is 10.5. The number of benzene rings is 1. The van der Waals surface area contributed by atoms with Crippen LogP contribution in [-0.2, 0) is 6.54 Å². The minimum atomic E-state index is 0.265. The van der Waals surface area contributed by atoms with Crippen LogP contribution in [0.2, 0.25) is 0 Å². The molecule has 0 heterocycles. The summed E-state index contributed by atoms with van der Waals surface area (Å²) in [5.74, 6) is 0.352. The first-order valence-electron chi connectivity index (χ1n) is 6.53. The van der Waals surface area contributed by atoms with Crippen molar-refractivity contribution in [1.29, 1.82) is 0 Å².